The van der Waals surface area contributed by atoms with Gasteiger partial charge in [0.25, 0.3) is 0 Å². The second-order valence-corrected chi connectivity index (χ2v) is 3.96. The molecule has 1 fully saturated rings. The van der Waals surface area contributed by atoms with Gasteiger partial charge in [0.05, 0.1) is 0 Å². The molecule has 1 aliphatic rings. The van der Waals surface area contributed by atoms with Crippen LogP contribution in [0.3, 0.4) is 0 Å². The molecule has 0 unspecified atom stereocenters. The smallest absolute Gasteiger partial charge is 0.223 e. The molecule has 0 radical (unpaired) electrons. The summed E-state index contributed by atoms with van der Waals surface area (Å²) in [6, 6.07) is 0. The molecule has 11 heavy (non-hydrogen) atoms. The molecule has 1 amide bonds. The average Bonchev–Trinajstić information content (AvgIpc) is 2.61. The predicted octanol–water partition coefficient (Wildman–Crippen LogP) is 1.41. The lowest BCUT2D eigenvalue weighted by Gasteiger charge is -2.06. The van der Waals surface area contributed by atoms with E-state index in [0.717, 1.165) is 13.0 Å². The summed E-state index contributed by atoms with van der Waals surface area (Å²) < 4.78 is 0. The van der Waals surface area contributed by atoms with Crippen molar-refractivity contribution >= 4 is 5.91 Å². The number of carbonyl (C=O) groups excluding carboxylic acids is 1. The van der Waals surface area contributed by atoms with Gasteiger partial charge in [-0.25, -0.2) is 0 Å². The van der Waals surface area contributed by atoms with E-state index in [1.54, 1.807) is 0 Å². The Morgan fingerprint density at radius 2 is 2.18 bits per heavy atom. The number of rotatable bonds is 3. The van der Waals surface area contributed by atoms with E-state index in [-0.39, 0.29) is 5.91 Å². The molecule has 1 aliphatic carbocycles. The molecule has 0 bridgehead atoms. The van der Waals surface area contributed by atoms with Crippen LogP contribution in [0.1, 0.15) is 27.2 Å². The van der Waals surface area contributed by atoms with E-state index in [9.17, 15) is 4.79 Å². The minimum absolute atomic E-state index is 0.256. The van der Waals surface area contributed by atoms with Crippen molar-refractivity contribution in [3.8, 4) is 0 Å². The lowest BCUT2D eigenvalue weighted by molar-refractivity contribution is -0.122. The Bertz CT molecular complexity index is 154. The van der Waals surface area contributed by atoms with Gasteiger partial charge in [-0.2, -0.15) is 0 Å². The van der Waals surface area contributed by atoms with Gasteiger partial charge in [0.2, 0.25) is 5.91 Å². The molecule has 0 spiro atoms. The van der Waals surface area contributed by atoms with Gasteiger partial charge < -0.3 is 5.32 Å². The molecule has 2 nitrogen and oxygen atoms in total. The van der Waals surface area contributed by atoms with Gasteiger partial charge in [-0.15, -0.1) is 0 Å². The van der Waals surface area contributed by atoms with Crippen LogP contribution in [0.25, 0.3) is 0 Å². The molecule has 0 aromatic heterocycles. The summed E-state index contributed by atoms with van der Waals surface area (Å²) in [6.07, 6.45) is 1.09. The summed E-state index contributed by atoms with van der Waals surface area (Å²) in [4.78, 5) is 11.2. The Balaban J connectivity index is 2.12. The Morgan fingerprint density at radius 1 is 1.64 bits per heavy atom. The zero-order valence-corrected chi connectivity index (χ0v) is 7.55. The zero-order valence-electron chi connectivity index (χ0n) is 7.55. The first-order valence-electron chi connectivity index (χ1n) is 4.39. The lowest BCUT2D eigenvalue weighted by Crippen LogP contribution is -2.28. The van der Waals surface area contributed by atoms with Crippen LogP contribution in [-0.2, 0) is 4.79 Å². The average molecular weight is 155 g/mol. The highest BCUT2D eigenvalue weighted by Gasteiger charge is 2.38. The van der Waals surface area contributed by atoms with E-state index < -0.39 is 0 Å². The molecule has 1 saturated carbocycles. The largest absolute Gasteiger partial charge is 0.356 e. The van der Waals surface area contributed by atoms with Gasteiger partial charge in [-0.3, -0.25) is 4.79 Å². The van der Waals surface area contributed by atoms with E-state index in [1.807, 2.05) is 0 Å². The third-order valence-corrected chi connectivity index (χ3v) is 2.13. The molecule has 0 saturated heterocycles. The number of amides is 1. The van der Waals surface area contributed by atoms with E-state index >= 15 is 0 Å². The quantitative estimate of drug-likeness (QED) is 0.656. The van der Waals surface area contributed by atoms with Gasteiger partial charge in [-0.1, -0.05) is 20.8 Å². The number of carbonyl (C=O) groups is 1. The third kappa shape index (κ3) is 2.52. The lowest BCUT2D eigenvalue weighted by atomic mass is 10.2. The number of hydrogen-bond donors (Lipinski definition) is 1. The molecular formula is C9H17NO. The predicted molar refractivity (Wildman–Crippen MR) is 45.1 cm³/mol. The van der Waals surface area contributed by atoms with Gasteiger partial charge >= 0.3 is 0 Å². The summed E-state index contributed by atoms with van der Waals surface area (Å²) in [5.74, 6) is 1.77. The van der Waals surface area contributed by atoms with Crippen LogP contribution < -0.4 is 5.32 Å². The highest BCUT2D eigenvalue weighted by molar-refractivity contribution is 5.81. The minimum atomic E-state index is 0.256. The molecular weight excluding hydrogens is 138 g/mol. The Hall–Kier alpha value is -0.530. The van der Waals surface area contributed by atoms with E-state index in [1.165, 1.54) is 0 Å². The molecule has 1 N–H and O–H groups in total. The van der Waals surface area contributed by atoms with E-state index in [2.05, 4.69) is 26.1 Å². The van der Waals surface area contributed by atoms with Crippen LogP contribution in [0.4, 0.5) is 0 Å². The maximum absolute atomic E-state index is 11.2. The maximum atomic E-state index is 11.2. The molecule has 0 heterocycles. The van der Waals surface area contributed by atoms with Gasteiger partial charge in [0.1, 0.15) is 0 Å². The first-order chi connectivity index (χ1) is 5.11. The van der Waals surface area contributed by atoms with E-state index in [4.69, 9.17) is 0 Å². The Kier molecular flexibility index (Phi) is 2.53. The van der Waals surface area contributed by atoms with Crippen LogP contribution in [0.15, 0.2) is 0 Å². The second kappa shape index (κ2) is 3.24. The monoisotopic (exact) mass is 155 g/mol. The summed E-state index contributed by atoms with van der Waals surface area (Å²) >= 11 is 0. The van der Waals surface area contributed by atoms with Crippen molar-refractivity contribution < 1.29 is 4.79 Å². The summed E-state index contributed by atoms with van der Waals surface area (Å²) in [7, 11) is 0. The topological polar surface area (TPSA) is 29.1 Å². The maximum Gasteiger partial charge on any atom is 0.223 e. The van der Waals surface area contributed by atoms with Gasteiger partial charge in [0.15, 0.2) is 0 Å². The molecule has 2 atom stereocenters. The SMILES string of the molecule is CC(C)CNC(=O)[C@@H]1C[C@H]1C. The Morgan fingerprint density at radius 3 is 2.55 bits per heavy atom. The van der Waals surface area contributed by atoms with Gasteiger partial charge in [-0.05, 0) is 18.3 Å². The van der Waals surface area contributed by atoms with Crippen molar-refractivity contribution in [1.82, 2.24) is 5.32 Å². The van der Waals surface area contributed by atoms with Crippen molar-refractivity contribution in [2.24, 2.45) is 17.8 Å². The minimum Gasteiger partial charge on any atom is -0.356 e. The van der Waals surface area contributed by atoms with Crippen LogP contribution in [0.5, 0.6) is 0 Å². The molecule has 64 valence electrons. The number of hydrogen-bond acceptors (Lipinski definition) is 1. The molecule has 0 aromatic rings. The van der Waals surface area contributed by atoms with Crippen LogP contribution in [-0.4, -0.2) is 12.5 Å². The Labute approximate surface area is 68.4 Å². The highest BCUT2D eigenvalue weighted by Crippen LogP contribution is 2.37. The van der Waals surface area contributed by atoms with Crippen molar-refractivity contribution in [2.75, 3.05) is 6.54 Å². The van der Waals surface area contributed by atoms with E-state index in [0.29, 0.717) is 17.8 Å². The van der Waals surface area contributed by atoms with Gasteiger partial charge in [0, 0.05) is 12.5 Å². The van der Waals surface area contributed by atoms with Crippen LogP contribution in [0.2, 0.25) is 0 Å². The first kappa shape index (κ1) is 8.57. The second-order valence-electron chi connectivity index (χ2n) is 3.96. The standard InChI is InChI=1S/C9H17NO/c1-6(2)5-10-9(11)8-4-7(8)3/h6-8H,4-5H2,1-3H3,(H,10,11)/t7-,8-/m1/s1. The fourth-order valence-corrected chi connectivity index (χ4v) is 1.12. The fraction of sp³-hybridized carbons (Fsp3) is 0.889. The van der Waals surface area contributed by atoms with Crippen molar-refractivity contribution in [3.63, 3.8) is 0 Å². The molecule has 2 heteroatoms. The zero-order chi connectivity index (χ0) is 8.43. The fourth-order valence-electron chi connectivity index (χ4n) is 1.12. The van der Waals surface area contributed by atoms with Crippen LogP contribution in [0, 0.1) is 17.8 Å². The normalized spacial score (nSPS) is 28.7. The van der Waals surface area contributed by atoms with Crippen molar-refractivity contribution in [3.05, 3.63) is 0 Å². The summed E-state index contributed by atoms with van der Waals surface area (Å²) in [5, 5.41) is 2.94. The molecule has 0 aromatic carbocycles. The van der Waals surface area contributed by atoms with Crippen molar-refractivity contribution in [2.45, 2.75) is 27.2 Å². The number of nitrogens with one attached hydrogen (secondary N) is 1. The van der Waals surface area contributed by atoms with Crippen molar-refractivity contribution in [1.29, 1.82) is 0 Å². The summed E-state index contributed by atoms with van der Waals surface area (Å²) in [6.45, 7) is 7.16. The third-order valence-electron chi connectivity index (χ3n) is 2.13. The molecule has 1 rings (SSSR count). The van der Waals surface area contributed by atoms with Crippen LogP contribution >= 0.6 is 0 Å². The first-order valence-corrected chi connectivity index (χ1v) is 4.39. The molecule has 0 aliphatic heterocycles. The summed E-state index contributed by atoms with van der Waals surface area (Å²) in [5.41, 5.74) is 0. The highest BCUT2D eigenvalue weighted by atomic mass is 16.2.